The highest BCUT2D eigenvalue weighted by Crippen LogP contribution is 2.06. The summed E-state index contributed by atoms with van der Waals surface area (Å²) in [5.74, 6) is 0. The Balaban J connectivity index is 3.08. The number of rotatable bonds is 9. The number of allylic oxidation sites excluding steroid dienone is 5. The molecule has 0 aliphatic carbocycles. The molecular weight excluding hydrogens is 184 g/mol. The van der Waals surface area contributed by atoms with Gasteiger partial charge in [0.05, 0.1) is 6.26 Å². The predicted octanol–water partition coefficient (Wildman–Crippen LogP) is 4.92. The minimum absolute atomic E-state index is 1.07. The van der Waals surface area contributed by atoms with Crippen LogP contribution in [0.25, 0.3) is 0 Å². The highest BCUT2D eigenvalue weighted by Gasteiger charge is 1.86. The van der Waals surface area contributed by atoms with Crippen molar-refractivity contribution in [1.82, 2.24) is 0 Å². The molecule has 86 valence electrons. The van der Waals surface area contributed by atoms with E-state index in [1.807, 2.05) is 6.08 Å². The maximum Gasteiger partial charge on any atom is 0.0791 e. The van der Waals surface area contributed by atoms with Gasteiger partial charge in [-0.25, -0.2) is 0 Å². The predicted molar refractivity (Wildman–Crippen MR) is 68.0 cm³/mol. The standard InChI is InChI=1S/C14H24O/c1-2-3-4-5-6-7-8-9-10-11-12-13-14-15/h3-4,11-15H,2,5-10H2,1H3/b4-3?,12-11-,14-13-. The molecule has 0 radical (unpaired) electrons. The van der Waals surface area contributed by atoms with Crippen molar-refractivity contribution in [2.45, 2.75) is 51.9 Å². The molecule has 0 aromatic heterocycles. The van der Waals surface area contributed by atoms with Crippen LogP contribution in [0.4, 0.5) is 0 Å². The van der Waals surface area contributed by atoms with Gasteiger partial charge < -0.3 is 5.11 Å². The Labute approximate surface area is 94.2 Å². The third-order valence-corrected chi connectivity index (χ3v) is 2.23. The summed E-state index contributed by atoms with van der Waals surface area (Å²) < 4.78 is 0. The molecule has 0 atom stereocenters. The highest BCUT2D eigenvalue weighted by molar-refractivity contribution is 4.98. The minimum atomic E-state index is 1.07. The first-order valence-electron chi connectivity index (χ1n) is 6.02. The smallest absolute Gasteiger partial charge is 0.0791 e. The Bertz CT molecular complexity index is 190. The zero-order valence-corrected chi connectivity index (χ0v) is 9.86. The van der Waals surface area contributed by atoms with E-state index in [0.717, 1.165) is 19.1 Å². The van der Waals surface area contributed by atoms with E-state index in [-0.39, 0.29) is 0 Å². The monoisotopic (exact) mass is 208 g/mol. The zero-order valence-electron chi connectivity index (χ0n) is 9.86. The number of hydrogen-bond acceptors (Lipinski definition) is 1. The Kier molecular flexibility index (Phi) is 12.2. The molecule has 0 unspecified atom stereocenters. The Hall–Kier alpha value is -0.980. The van der Waals surface area contributed by atoms with Crippen molar-refractivity contribution in [3.8, 4) is 0 Å². The first-order chi connectivity index (χ1) is 7.41. The van der Waals surface area contributed by atoms with Crippen molar-refractivity contribution in [2.75, 3.05) is 0 Å². The molecule has 1 N–H and O–H groups in total. The topological polar surface area (TPSA) is 20.2 Å². The number of hydrogen-bond donors (Lipinski definition) is 1. The van der Waals surface area contributed by atoms with E-state index in [4.69, 9.17) is 5.11 Å². The van der Waals surface area contributed by atoms with Crippen molar-refractivity contribution < 1.29 is 5.11 Å². The van der Waals surface area contributed by atoms with Gasteiger partial charge in [-0.15, -0.1) is 0 Å². The van der Waals surface area contributed by atoms with Crippen molar-refractivity contribution in [3.05, 3.63) is 36.6 Å². The molecule has 0 aromatic rings. The van der Waals surface area contributed by atoms with Gasteiger partial charge in [-0.3, -0.25) is 0 Å². The Morgan fingerprint density at radius 1 is 0.800 bits per heavy atom. The van der Waals surface area contributed by atoms with E-state index in [9.17, 15) is 0 Å². The van der Waals surface area contributed by atoms with Gasteiger partial charge in [0.25, 0.3) is 0 Å². The van der Waals surface area contributed by atoms with Crippen LogP contribution < -0.4 is 0 Å². The van der Waals surface area contributed by atoms with Crippen LogP contribution in [0.1, 0.15) is 51.9 Å². The van der Waals surface area contributed by atoms with Gasteiger partial charge >= 0.3 is 0 Å². The van der Waals surface area contributed by atoms with Crippen LogP contribution in [-0.2, 0) is 0 Å². The number of unbranched alkanes of at least 4 members (excludes halogenated alkanes) is 5. The van der Waals surface area contributed by atoms with E-state index in [2.05, 4.69) is 25.2 Å². The van der Waals surface area contributed by atoms with Gasteiger partial charge in [0.1, 0.15) is 0 Å². The van der Waals surface area contributed by atoms with E-state index in [1.165, 1.54) is 32.1 Å². The lowest BCUT2D eigenvalue weighted by atomic mass is 10.1. The second-order valence-corrected chi connectivity index (χ2v) is 3.64. The van der Waals surface area contributed by atoms with Crippen molar-refractivity contribution >= 4 is 0 Å². The molecule has 1 nitrogen and oxygen atoms in total. The van der Waals surface area contributed by atoms with Crippen LogP contribution in [0.15, 0.2) is 36.6 Å². The van der Waals surface area contributed by atoms with Crippen LogP contribution in [0, 0.1) is 0 Å². The van der Waals surface area contributed by atoms with Crippen LogP contribution in [0.5, 0.6) is 0 Å². The summed E-state index contributed by atoms with van der Waals surface area (Å²) >= 11 is 0. The van der Waals surface area contributed by atoms with Gasteiger partial charge in [-0.1, -0.05) is 44.1 Å². The maximum absolute atomic E-state index is 8.37. The van der Waals surface area contributed by atoms with Gasteiger partial charge in [0, 0.05) is 0 Å². The molecule has 0 aliphatic rings. The molecule has 0 heterocycles. The lowest BCUT2D eigenvalue weighted by Crippen LogP contribution is -1.76. The summed E-state index contributed by atoms with van der Waals surface area (Å²) in [6.45, 7) is 2.17. The Morgan fingerprint density at radius 2 is 1.47 bits per heavy atom. The molecule has 0 saturated carbocycles. The Morgan fingerprint density at radius 3 is 2.07 bits per heavy atom. The largest absolute Gasteiger partial charge is 0.516 e. The molecule has 0 aliphatic heterocycles. The summed E-state index contributed by atoms with van der Waals surface area (Å²) in [6.07, 6.45) is 20.0. The molecule has 15 heavy (non-hydrogen) atoms. The molecular formula is C14H24O. The normalized spacial score (nSPS) is 12.3. The van der Waals surface area contributed by atoms with Crippen molar-refractivity contribution in [2.24, 2.45) is 0 Å². The third kappa shape index (κ3) is 13.0. The van der Waals surface area contributed by atoms with Crippen molar-refractivity contribution in [3.63, 3.8) is 0 Å². The SMILES string of the molecule is CCC=CCCCCCC/C=C\C=C/O. The summed E-state index contributed by atoms with van der Waals surface area (Å²) in [7, 11) is 0. The second kappa shape index (κ2) is 13.0. The van der Waals surface area contributed by atoms with Gasteiger partial charge in [-0.05, 0) is 38.2 Å². The average Bonchev–Trinajstić information content (AvgIpc) is 2.26. The molecule has 1 heteroatoms. The summed E-state index contributed by atoms with van der Waals surface area (Å²) in [5.41, 5.74) is 0. The first-order valence-corrected chi connectivity index (χ1v) is 6.02. The summed E-state index contributed by atoms with van der Waals surface area (Å²) in [6, 6.07) is 0. The minimum Gasteiger partial charge on any atom is -0.516 e. The lowest BCUT2D eigenvalue weighted by Gasteiger charge is -1.96. The van der Waals surface area contributed by atoms with E-state index in [1.54, 1.807) is 6.08 Å². The molecule has 0 aromatic carbocycles. The molecule has 0 fully saturated rings. The highest BCUT2D eigenvalue weighted by atomic mass is 16.2. The average molecular weight is 208 g/mol. The molecule has 0 rings (SSSR count). The number of aliphatic hydroxyl groups is 1. The fraction of sp³-hybridized carbons (Fsp3) is 0.571. The maximum atomic E-state index is 8.37. The van der Waals surface area contributed by atoms with Crippen LogP contribution in [0.2, 0.25) is 0 Å². The van der Waals surface area contributed by atoms with Gasteiger partial charge in [0.2, 0.25) is 0 Å². The molecule has 0 saturated heterocycles. The van der Waals surface area contributed by atoms with Gasteiger partial charge in [0.15, 0.2) is 0 Å². The quantitative estimate of drug-likeness (QED) is 0.247. The van der Waals surface area contributed by atoms with Gasteiger partial charge in [-0.2, -0.15) is 0 Å². The third-order valence-electron chi connectivity index (χ3n) is 2.23. The first kappa shape index (κ1) is 14.0. The van der Waals surface area contributed by atoms with Crippen molar-refractivity contribution in [1.29, 1.82) is 0 Å². The van der Waals surface area contributed by atoms with Crippen LogP contribution in [-0.4, -0.2) is 5.11 Å². The fourth-order valence-electron chi connectivity index (χ4n) is 1.39. The molecule has 0 amide bonds. The summed E-state index contributed by atoms with van der Waals surface area (Å²) in [5, 5.41) is 8.37. The molecule has 0 bridgehead atoms. The molecule has 0 spiro atoms. The second-order valence-electron chi connectivity index (χ2n) is 3.64. The lowest BCUT2D eigenvalue weighted by molar-refractivity contribution is 0.473. The number of aliphatic hydroxyl groups excluding tert-OH is 1. The van der Waals surface area contributed by atoms with Crippen LogP contribution in [0.3, 0.4) is 0 Å². The fourth-order valence-corrected chi connectivity index (χ4v) is 1.39. The van der Waals surface area contributed by atoms with E-state index in [0.29, 0.717) is 0 Å². The summed E-state index contributed by atoms with van der Waals surface area (Å²) in [4.78, 5) is 0. The van der Waals surface area contributed by atoms with E-state index >= 15 is 0 Å². The van der Waals surface area contributed by atoms with Crippen LogP contribution >= 0.6 is 0 Å². The zero-order chi connectivity index (χ0) is 11.2. The van der Waals surface area contributed by atoms with E-state index < -0.39 is 0 Å².